The first-order valence-corrected chi connectivity index (χ1v) is 8.16. The molecule has 1 aromatic heterocycles. The van der Waals surface area contributed by atoms with Crippen molar-refractivity contribution in [2.45, 2.75) is 32.7 Å². The highest BCUT2D eigenvalue weighted by molar-refractivity contribution is 5.85. The number of hydrogen-bond donors (Lipinski definition) is 2. The third kappa shape index (κ3) is 4.19. The van der Waals surface area contributed by atoms with Gasteiger partial charge in [0.05, 0.1) is 30.2 Å². The molecule has 0 spiro atoms. The zero-order valence-corrected chi connectivity index (χ0v) is 15.5. The van der Waals surface area contributed by atoms with Gasteiger partial charge in [-0.05, 0) is 49.6 Å². The number of amides is 1. The van der Waals surface area contributed by atoms with Crippen molar-refractivity contribution in [3.63, 3.8) is 0 Å². The molecule has 0 saturated heterocycles. The molecule has 2 N–H and O–H groups in total. The lowest BCUT2D eigenvalue weighted by molar-refractivity contribution is -0.121. The van der Waals surface area contributed by atoms with E-state index in [2.05, 4.69) is 29.6 Å². The fourth-order valence-corrected chi connectivity index (χ4v) is 3.38. The van der Waals surface area contributed by atoms with Gasteiger partial charge in [-0.1, -0.05) is 13.8 Å². The van der Waals surface area contributed by atoms with Crippen molar-refractivity contribution in [2.24, 2.45) is 5.41 Å². The van der Waals surface area contributed by atoms with E-state index in [0.717, 1.165) is 29.8 Å². The van der Waals surface area contributed by atoms with E-state index >= 15 is 0 Å². The number of nitrogens with zero attached hydrogens (tertiary/aromatic N) is 2. The summed E-state index contributed by atoms with van der Waals surface area (Å²) in [6.45, 7) is 4.67. The van der Waals surface area contributed by atoms with E-state index in [1.165, 1.54) is 12.1 Å². The van der Waals surface area contributed by atoms with E-state index in [1.807, 2.05) is 10.9 Å². The molecule has 0 fully saturated rings. The minimum atomic E-state index is -0.266. The van der Waals surface area contributed by atoms with E-state index in [1.54, 1.807) is 19.2 Å². The topological polar surface area (TPSA) is 59.0 Å². The molecule has 2 aromatic rings. The molecule has 136 valence electrons. The molecule has 1 amide bonds. The molecule has 7 heteroatoms. The molecule has 1 unspecified atom stereocenters. The zero-order valence-electron chi connectivity index (χ0n) is 14.7. The first kappa shape index (κ1) is 19.4. The van der Waals surface area contributed by atoms with E-state index in [-0.39, 0.29) is 35.6 Å². The Kier molecular flexibility index (Phi) is 5.85. The molecule has 1 aliphatic carbocycles. The Balaban J connectivity index is 0.00000225. The van der Waals surface area contributed by atoms with Crippen LogP contribution in [-0.2, 0) is 11.2 Å². The van der Waals surface area contributed by atoms with E-state index in [4.69, 9.17) is 0 Å². The van der Waals surface area contributed by atoms with Crippen molar-refractivity contribution in [2.75, 3.05) is 13.6 Å². The summed E-state index contributed by atoms with van der Waals surface area (Å²) in [5.74, 6) is -0.294. The Morgan fingerprint density at radius 1 is 1.36 bits per heavy atom. The fraction of sp³-hybridized carbons (Fsp3) is 0.444. The van der Waals surface area contributed by atoms with Crippen molar-refractivity contribution in [1.82, 2.24) is 20.4 Å². The number of nitrogens with one attached hydrogen (secondary N) is 2. The highest BCUT2D eigenvalue weighted by Gasteiger charge is 2.35. The van der Waals surface area contributed by atoms with Crippen LogP contribution in [0.25, 0.3) is 5.69 Å². The molecule has 0 bridgehead atoms. The number of rotatable bonds is 4. The van der Waals surface area contributed by atoms with Gasteiger partial charge in [0.1, 0.15) is 5.82 Å². The molecule has 5 nitrogen and oxygen atoms in total. The van der Waals surface area contributed by atoms with E-state index in [0.29, 0.717) is 6.54 Å². The molecule has 0 radical (unpaired) electrons. The van der Waals surface area contributed by atoms with Crippen LogP contribution in [0.3, 0.4) is 0 Å². The smallest absolute Gasteiger partial charge is 0.234 e. The van der Waals surface area contributed by atoms with Gasteiger partial charge in [0.25, 0.3) is 0 Å². The average Bonchev–Trinajstić information content (AvgIpc) is 2.90. The number of carbonyl (C=O) groups excluding carboxylic acids is 1. The Hall–Kier alpha value is -1.92. The van der Waals surface area contributed by atoms with E-state index in [9.17, 15) is 9.18 Å². The summed E-state index contributed by atoms with van der Waals surface area (Å²) >= 11 is 0. The number of benzene rings is 1. The predicted octanol–water partition coefficient (Wildman–Crippen LogP) is 2.78. The summed E-state index contributed by atoms with van der Waals surface area (Å²) in [6.07, 6.45) is 3.54. The van der Waals surface area contributed by atoms with Crippen molar-refractivity contribution in [3.05, 3.63) is 47.5 Å². The van der Waals surface area contributed by atoms with Gasteiger partial charge >= 0.3 is 0 Å². The minimum Gasteiger partial charge on any atom is -0.348 e. The number of fused-ring (bicyclic) bond motifs is 1. The lowest BCUT2D eigenvalue weighted by atomic mass is 9.74. The predicted molar refractivity (Wildman–Crippen MR) is 97.7 cm³/mol. The molecule has 0 aliphatic heterocycles. The van der Waals surface area contributed by atoms with Crippen LogP contribution in [0.1, 0.15) is 37.6 Å². The number of likely N-dealkylation sites (N-methyl/N-ethyl adjacent to an activating group) is 1. The lowest BCUT2D eigenvalue weighted by Crippen LogP contribution is -2.39. The van der Waals surface area contributed by atoms with Gasteiger partial charge in [0, 0.05) is 5.56 Å². The lowest BCUT2D eigenvalue weighted by Gasteiger charge is -2.36. The van der Waals surface area contributed by atoms with Gasteiger partial charge < -0.3 is 10.6 Å². The molecule has 1 heterocycles. The normalized spacial score (nSPS) is 18.2. The Labute approximate surface area is 153 Å². The van der Waals surface area contributed by atoms with Crippen molar-refractivity contribution in [1.29, 1.82) is 0 Å². The fourth-order valence-electron chi connectivity index (χ4n) is 3.38. The van der Waals surface area contributed by atoms with Crippen LogP contribution in [0.15, 0.2) is 30.5 Å². The Morgan fingerprint density at radius 2 is 2.04 bits per heavy atom. The molecule has 0 saturated carbocycles. The number of aromatic nitrogens is 2. The van der Waals surface area contributed by atoms with Crippen LogP contribution >= 0.6 is 12.4 Å². The Morgan fingerprint density at radius 3 is 2.68 bits per heavy atom. The van der Waals surface area contributed by atoms with Crippen molar-refractivity contribution < 1.29 is 9.18 Å². The second-order valence-corrected chi connectivity index (χ2v) is 7.13. The maximum absolute atomic E-state index is 13.2. The summed E-state index contributed by atoms with van der Waals surface area (Å²) in [4.78, 5) is 12.0. The highest BCUT2D eigenvalue weighted by atomic mass is 35.5. The van der Waals surface area contributed by atoms with Gasteiger partial charge in [0.15, 0.2) is 0 Å². The van der Waals surface area contributed by atoms with Crippen molar-refractivity contribution in [3.8, 4) is 5.69 Å². The molecule has 25 heavy (non-hydrogen) atoms. The standard InChI is InChI=1S/C18H23FN4O.ClH/c1-18(2)8-15(22-17(24)11-20-3)14-10-21-23(16(14)9-18)13-6-4-12(19)5-7-13;/h4-7,10,15,20H,8-9,11H2,1-3H3,(H,22,24);1H. The van der Waals surface area contributed by atoms with E-state index < -0.39 is 0 Å². The minimum absolute atomic E-state index is 0. The van der Waals surface area contributed by atoms with Crippen LogP contribution in [0.4, 0.5) is 4.39 Å². The summed E-state index contributed by atoms with van der Waals surface area (Å²) in [6, 6.07) is 6.25. The first-order chi connectivity index (χ1) is 11.4. The Bertz CT molecular complexity index is 742. The van der Waals surface area contributed by atoms with Crippen LogP contribution in [0.5, 0.6) is 0 Å². The molecule has 3 rings (SSSR count). The summed E-state index contributed by atoms with van der Waals surface area (Å²) < 4.78 is 15.0. The zero-order chi connectivity index (χ0) is 17.3. The maximum Gasteiger partial charge on any atom is 0.234 e. The van der Waals surface area contributed by atoms with Crippen LogP contribution in [-0.4, -0.2) is 29.3 Å². The van der Waals surface area contributed by atoms with Gasteiger partial charge in [-0.15, -0.1) is 12.4 Å². The average molecular weight is 367 g/mol. The second-order valence-electron chi connectivity index (χ2n) is 7.13. The number of hydrogen-bond acceptors (Lipinski definition) is 3. The monoisotopic (exact) mass is 366 g/mol. The molecule has 1 aliphatic rings. The highest BCUT2D eigenvalue weighted by Crippen LogP contribution is 2.41. The largest absolute Gasteiger partial charge is 0.348 e. The van der Waals surface area contributed by atoms with Gasteiger partial charge in [0.2, 0.25) is 5.91 Å². The van der Waals surface area contributed by atoms with Gasteiger partial charge in [-0.3, -0.25) is 4.79 Å². The quantitative estimate of drug-likeness (QED) is 0.874. The third-order valence-electron chi connectivity index (χ3n) is 4.42. The summed E-state index contributed by atoms with van der Waals surface area (Å²) in [7, 11) is 1.75. The summed E-state index contributed by atoms with van der Waals surface area (Å²) in [5.41, 5.74) is 2.99. The third-order valence-corrected chi connectivity index (χ3v) is 4.42. The SMILES string of the molecule is CNCC(=O)NC1CC(C)(C)Cc2c1cnn2-c1ccc(F)cc1.Cl. The second kappa shape index (κ2) is 7.54. The maximum atomic E-state index is 13.2. The molecular weight excluding hydrogens is 343 g/mol. The first-order valence-electron chi connectivity index (χ1n) is 8.16. The van der Waals surface area contributed by atoms with Crippen LogP contribution < -0.4 is 10.6 Å². The van der Waals surface area contributed by atoms with Gasteiger partial charge in [-0.2, -0.15) is 5.10 Å². The molecule has 1 atom stereocenters. The van der Waals surface area contributed by atoms with Crippen LogP contribution in [0, 0.1) is 11.2 Å². The molecular formula is C18H24ClFN4O. The number of carbonyl (C=O) groups is 1. The van der Waals surface area contributed by atoms with Crippen molar-refractivity contribution >= 4 is 18.3 Å². The van der Waals surface area contributed by atoms with Gasteiger partial charge in [-0.25, -0.2) is 9.07 Å². The summed E-state index contributed by atoms with van der Waals surface area (Å²) in [5, 5.41) is 10.5. The number of halogens is 2. The molecule has 1 aromatic carbocycles. The van der Waals surface area contributed by atoms with Crippen LogP contribution in [0.2, 0.25) is 0 Å².